The van der Waals surface area contributed by atoms with Gasteiger partial charge in [-0.05, 0) is 47.5 Å². The zero-order valence-electron chi connectivity index (χ0n) is 13.8. The summed E-state index contributed by atoms with van der Waals surface area (Å²) >= 11 is 0. The summed E-state index contributed by atoms with van der Waals surface area (Å²) in [5.41, 5.74) is 5.12. The van der Waals surface area contributed by atoms with E-state index < -0.39 is 0 Å². The van der Waals surface area contributed by atoms with Crippen molar-refractivity contribution in [3.63, 3.8) is 0 Å². The Labute approximate surface area is 148 Å². The van der Waals surface area contributed by atoms with E-state index in [0.717, 1.165) is 28.2 Å². The molecule has 120 valence electrons. The first-order valence-corrected chi connectivity index (χ1v) is 8.09. The Balaban J connectivity index is 2.01. The van der Waals surface area contributed by atoms with Crippen LogP contribution in [-0.4, -0.2) is 0 Å². The van der Waals surface area contributed by atoms with Crippen LogP contribution in [0.4, 0.5) is 17.1 Å². The smallest absolute Gasteiger partial charge is 0.0669 e. The normalized spacial score (nSPS) is 9.84. The Morgan fingerprint density at radius 2 is 0.960 bits per heavy atom. The number of nitriles is 2. The van der Waals surface area contributed by atoms with Crippen LogP contribution in [0.1, 0.15) is 11.1 Å². The van der Waals surface area contributed by atoms with Crippen molar-refractivity contribution in [2.75, 3.05) is 4.90 Å². The lowest BCUT2D eigenvalue weighted by molar-refractivity contribution is 1.22. The molecule has 3 nitrogen and oxygen atoms in total. The van der Waals surface area contributed by atoms with E-state index in [4.69, 9.17) is 10.5 Å². The fraction of sp³-hybridized carbons (Fsp3) is 0.0909. The van der Waals surface area contributed by atoms with E-state index in [1.807, 2.05) is 66.7 Å². The van der Waals surface area contributed by atoms with Gasteiger partial charge in [-0.25, -0.2) is 0 Å². The molecule has 0 aliphatic heterocycles. The zero-order chi connectivity index (χ0) is 17.5. The lowest BCUT2D eigenvalue weighted by Gasteiger charge is -2.25. The molecule has 0 spiro atoms. The van der Waals surface area contributed by atoms with E-state index in [1.165, 1.54) is 0 Å². The van der Waals surface area contributed by atoms with E-state index >= 15 is 0 Å². The first kappa shape index (κ1) is 16.3. The Morgan fingerprint density at radius 1 is 0.560 bits per heavy atom. The van der Waals surface area contributed by atoms with Gasteiger partial charge < -0.3 is 4.90 Å². The van der Waals surface area contributed by atoms with Gasteiger partial charge in [0.25, 0.3) is 0 Å². The number of anilines is 3. The second kappa shape index (κ2) is 7.81. The Morgan fingerprint density at radius 3 is 1.36 bits per heavy atom. The topological polar surface area (TPSA) is 50.8 Å². The summed E-state index contributed by atoms with van der Waals surface area (Å²) in [7, 11) is 0. The highest BCUT2D eigenvalue weighted by molar-refractivity contribution is 5.76. The second-order valence-electron chi connectivity index (χ2n) is 5.67. The molecule has 0 heterocycles. The Bertz CT molecular complexity index is 839. The lowest BCUT2D eigenvalue weighted by atomic mass is 10.1. The standard InChI is InChI=1S/C22H17N3/c23-16-14-18-6-10-21(11-7-18)25(20-4-2-1-3-5-20)22-12-8-19(9-13-22)15-17-24/h1-13H,14-15H2. The summed E-state index contributed by atoms with van der Waals surface area (Å²) in [5.74, 6) is 0. The molecule has 0 aliphatic rings. The Kier molecular flexibility index (Phi) is 5.10. The molecule has 0 fully saturated rings. The fourth-order valence-electron chi connectivity index (χ4n) is 2.73. The molecule has 0 radical (unpaired) electrons. The largest absolute Gasteiger partial charge is 0.311 e. The summed E-state index contributed by atoms with van der Waals surface area (Å²) < 4.78 is 0. The zero-order valence-corrected chi connectivity index (χ0v) is 13.8. The van der Waals surface area contributed by atoms with Crippen LogP contribution >= 0.6 is 0 Å². The molecule has 0 atom stereocenters. The molecule has 0 aliphatic carbocycles. The highest BCUT2D eigenvalue weighted by atomic mass is 15.1. The van der Waals surface area contributed by atoms with Crippen molar-refractivity contribution in [1.29, 1.82) is 10.5 Å². The molecule has 0 saturated heterocycles. The molecule has 25 heavy (non-hydrogen) atoms. The molecular weight excluding hydrogens is 306 g/mol. The summed E-state index contributed by atoms with van der Waals surface area (Å²) in [6.07, 6.45) is 0.822. The molecule has 0 saturated carbocycles. The third-order valence-corrected chi connectivity index (χ3v) is 3.97. The molecule has 0 aromatic heterocycles. The minimum atomic E-state index is 0.411. The molecule has 3 heteroatoms. The van der Waals surface area contributed by atoms with Gasteiger partial charge in [0.2, 0.25) is 0 Å². The summed E-state index contributed by atoms with van der Waals surface area (Å²) in [5, 5.41) is 17.7. The van der Waals surface area contributed by atoms with Gasteiger partial charge in [0, 0.05) is 17.1 Å². The highest BCUT2D eigenvalue weighted by Gasteiger charge is 2.12. The molecule has 0 unspecified atom stereocenters. The lowest BCUT2D eigenvalue weighted by Crippen LogP contribution is -2.09. The van der Waals surface area contributed by atoms with Gasteiger partial charge in [-0.15, -0.1) is 0 Å². The van der Waals surface area contributed by atoms with Gasteiger partial charge in [-0.2, -0.15) is 10.5 Å². The minimum absolute atomic E-state index is 0.411. The maximum atomic E-state index is 8.84. The van der Waals surface area contributed by atoms with Crippen LogP contribution in [0.15, 0.2) is 78.9 Å². The maximum Gasteiger partial charge on any atom is 0.0669 e. The third kappa shape index (κ3) is 3.86. The SMILES string of the molecule is N#CCc1ccc(N(c2ccccc2)c2ccc(CC#N)cc2)cc1. The number of rotatable bonds is 5. The van der Waals surface area contributed by atoms with E-state index in [0.29, 0.717) is 12.8 Å². The van der Waals surface area contributed by atoms with Crippen molar-refractivity contribution in [3.05, 3.63) is 90.0 Å². The molecule has 0 bridgehead atoms. The second-order valence-corrected chi connectivity index (χ2v) is 5.67. The number of para-hydroxylation sites is 1. The van der Waals surface area contributed by atoms with Crippen molar-refractivity contribution in [2.24, 2.45) is 0 Å². The summed E-state index contributed by atoms with van der Waals surface area (Å²) in [6.45, 7) is 0. The molecular formula is C22H17N3. The highest BCUT2D eigenvalue weighted by Crippen LogP contribution is 2.34. The van der Waals surface area contributed by atoms with Crippen molar-refractivity contribution in [3.8, 4) is 12.1 Å². The van der Waals surface area contributed by atoms with Gasteiger partial charge >= 0.3 is 0 Å². The first-order chi connectivity index (χ1) is 12.3. The van der Waals surface area contributed by atoms with Gasteiger partial charge in [-0.3, -0.25) is 0 Å². The van der Waals surface area contributed by atoms with Crippen LogP contribution in [0.2, 0.25) is 0 Å². The van der Waals surface area contributed by atoms with E-state index in [9.17, 15) is 0 Å². The van der Waals surface area contributed by atoms with Gasteiger partial charge in [0.1, 0.15) is 0 Å². The summed E-state index contributed by atoms with van der Waals surface area (Å²) in [6, 6.07) is 30.5. The van der Waals surface area contributed by atoms with Crippen LogP contribution in [0.25, 0.3) is 0 Å². The van der Waals surface area contributed by atoms with Crippen molar-refractivity contribution in [1.82, 2.24) is 0 Å². The monoisotopic (exact) mass is 323 g/mol. The predicted molar refractivity (Wildman–Crippen MR) is 99.8 cm³/mol. The molecule has 3 rings (SSSR count). The van der Waals surface area contributed by atoms with Crippen LogP contribution in [0, 0.1) is 22.7 Å². The Hall–Kier alpha value is -3.56. The average Bonchev–Trinajstić information content (AvgIpc) is 2.66. The third-order valence-electron chi connectivity index (χ3n) is 3.97. The first-order valence-electron chi connectivity index (χ1n) is 8.09. The van der Waals surface area contributed by atoms with Crippen molar-refractivity contribution >= 4 is 17.1 Å². The summed E-state index contributed by atoms with van der Waals surface area (Å²) in [4.78, 5) is 2.16. The van der Waals surface area contributed by atoms with Crippen LogP contribution in [0.5, 0.6) is 0 Å². The van der Waals surface area contributed by atoms with Gasteiger partial charge in [0.15, 0.2) is 0 Å². The number of hydrogen-bond donors (Lipinski definition) is 0. The van der Waals surface area contributed by atoms with Crippen molar-refractivity contribution in [2.45, 2.75) is 12.8 Å². The molecule has 3 aromatic carbocycles. The molecule has 0 N–H and O–H groups in total. The van der Waals surface area contributed by atoms with E-state index in [2.05, 4.69) is 29.2 Å². The van der Waals surface area contributed by atoms with Gasteiger partial charge in [-0.1, -0.05) is 42.5 Å². The number of hydrogen-bond acceptors (Lipinski definition) is 3. The molecule has 3 aromatic rings. The van der Waals surface area contributed by atoms with Crippen LogP contribution in [0.3, 0.4) is 0 Å². The van der Waals surface area contributed by atoms with Crippen LogP contribution < -0.4 is 4.90 Å². The van der Waals surface area contributed by atoms with Gasteiger partial charge in [0.05, 0.1) is 25.0 Å². The maximum absolute atomic E-state index is 8.84. The number of nitrogens with zero attached hydrogens (tertiary/aromatic N) is 3. The van der Waals surface area contributed by atoms with Crippen LogP contribution in [-0.2, 0) is 12.8 Å². The van der Waals surface area contributed by atoms with Crippen molar-refractivity contribution < 1.29 is 0 Å². The fourth-order valence-corrected chi connectivity index (χ4v) is 2.73. The van der Waals surface area contributed by atoms with E-state index in [1.54, 1.807) is 0 Å². The average molecular weight is 323 g/mol. The predicted octanol–water partition coefficient (Wildman–Crippen LogP) is 5.29. The quantitative estimate of drug-likeness (QED) is 0.641. The molecule has 0 amide bonds. The van der Waals surface area contributed by atoms with E-state index in [-0.39, 0.29) is 0 Å². The minimum Gasteiger partial charge on any atom is -0.311 e. The number of benzene rings is 3.